The Morgan fingerprint density at radius 1 is 1.33 bits per heavy atom. The van der Waals surface area contributed by atoms with Gasteiger partial charge in [0.05, 0.1) is 11.0 Å². The molecule has 3 heterocycles. The van der Waals surface area contributed by atoms with Gasteiger partial charge in [-0.3, -0.25) is 4.98 Å². The van der Waals surface area contributed by atoms with Gasteiger partial charge in [-0.05, 0) is 34.1 Å². The molecule has 1 N–H and O–H groups in total. The van der Waals surface area contributed by atoms with E-state index in [9.17, 15) is 8.42 Å². The number of hydrogen-bond acceptors (Lipinski definition) is 4. The van der Waals surface area contributed by atoms with Crippen LogP contribution < -0.4 is 0 Å². The van der Waals surface area contributed by atoms with Crippen LogP contribution in [-0.4, -0.2) is 29.6 Å². The van der Waals surface area contributed by atoms with Crippen molar-refractivity contribution in [1.29, 1.82) is 0 Å². The molecule has 18 heavy (non-hydrogen) atoms. The lowest BCUT2D eigenvalue weighted by Crippen LogP contribution is -1.99. The topological polar surface area (TPSA) is 75.7 Å². The van der Waals surface area contributed by atoms with Crippen molar-refractivity contribution < 1.29 is 8.42 Å². The van der Waals surface area contributed by atoms with Crippen LogP contribution in [0.5, 0.6) is 0 Å². The number of aromatic nitrogens is 3. The lowest BCUT2D eigenvalue weighted by molar-refractivity contribution is 0.598. The van der Waals surface area contributed by atoms with Gasteiger partial charge in [-0.2, -0.15) is 0 Å². The molecule has 0 aliphatic carbocycles. The van der Waals surface area contributed by atoms with Gasteiger partial charge < -0.3 is 4.98 Å². The minimum Gasteiger partial charge on any atom is -0.338 e. The average molecular weight is 326 g/mol. The maximum Gasteiger partial charge on any atom is 0.192 e. The van der Waals surface area contributed by atoms with Crippen LogP contribution in [0, 0.1) is 0 Å². The smallest absolute Gasteiger partial charge is 0.192 e. The molecule has 0 saturated heterocycles. The summed E-state index contributed by atoms with van der Waals surface area (Å²) in [7, 11) is -3.30. The van der Waals surface area contributed by atoms with Gasteiger partial charge in [-0.15, -0.1) is 0 Å². The first-order valence-corrected chi connectivity index (χ1v) is 7.77. The predicted octanol–water partition coefficient (Wildman–Crippen LogP) is 2.28. The second kappa shape index (κ2) is 3.76. The quantitative estimate of drug-likeness (QED) is 0.744. The van der Waals surface area contributed by atoms with Crippen LogP contribution in [0.25, 0.3) is 22.1 Å². The van der Waals surface area contributed by atoms with Crippen molar-refractivity contribution in [2.45, 2.75) is 5.03 Å². The largest absolute Gasteiger partial charge is 0.338 e. The lowest BCUT2D eigenvalue weighted by Gasteiger charge is -1.96. The third kappa shape index (κ3) is 1.79. The summed E-state index contributed by atoms with van der Waals surface area (Å²) in [5.74, 6) is 0. The van der Waals surface area contributed by atoms with Crippen molar-refractivity contribution in [3.63, 3.8) is 0 Å². The summed E-state index contributed by atoms with van der Waals surface area (Å²) in [5.41, 5.74) is 2.12. The van der Waals surface area contributed by atoms with E-state index in [1.165, 1.54) is 6.07 Å². The van der Waals surface area contributed by atoms with Gasteiger partial charge in [0.25, 0.3) is 0 Å². The molecule has 0 radical (unpaired) electrons. The number of nitrogens with one attached hydrogen (secondary N) is 1. The standard InChI is InChI=1S/C11H8BrN3O2S/c1-18(16,17)9-3-2-7-10-8(14-11(7)15-9)4-6(12)5-13-10/h2-5H,1H3,(H,14,15). The molecular weight excluding hydrogens is 318 g/mol. The normalized spacial score (nSPS) is 12.3. The molecule has 0 aromatic carbocycles. The van der Waals surface area contributed by atoms with Crippen molar-refractivity contribution in [2.24, 2.45) is 0 Å². The molecule has 5 nitrogen and oxygen atoms in total. The molecule has 3 aromatic rings. The lowest BCUT2D eigenvalue weighted by atomic mass is 10.3. The molecule has 3 aromatic heterocycles. The maximum absolute atomic E-state index is 11.4. The Morgan fingerprint density at radius 2 is 2.11 bits per heavy atom. The fourth-order valence-electron chi connectivity index (χ4n) is 1.81. The Morgan fingerprint density at radius 3 is 2.83 bits per heavy atom. The number of rotatable bonds is 1. The molecular formula is C11H8BrN3O2S. The molecule has 0 aliphatic rings. The minimum atomic E-state index is -3.30. The summed E-state index contributed by atoms with van der Waals surface area (Å²) in [4.78, 5) is 11.5. The Bertz CT molecular complexity index is 871. The van der Waals surface area contributed by atoms with E-state index < -0.39 is 9.84 Å². The molecule has 0 unspecified atom stereocenters. The fourth-order valence-corrected chi connectivity index (χ4v) is 2.71. The number of H-pyrrole nitrogens is 1. The Labute approximate surface area is 111 Å². The Balaban J connectivity index is 2.40. The predicted molar refractivity (Wildman–Crippen MR) is 72.2 cm³/mol. The number of pyridine rings is 2. The van der Waals surface area contributed by atoms with Crippen molar-refractivity contribution in [3.8, 4) is 0 Å². The number of halogens is 1. The number of sulfone groups is 1. The minimum absolute atomic E-state index is 0.0561. The molecule has 0 spiro atoms. The highest BCUT2D eigenvalue weighted by Gasteiger charge is 2.12. The highest BCUT2D eigenvalue weighted by atomic mass is 79.9. The van der Waals surface area contributed by atoms with Gasteiger partial charge in [0.2, 0.25) is 0 Å². The van der Waals surface area contributed by atoms with Gasteiger partial charge in [0.1, 0.15) is 5.65 Å². The Kier molecular flexibility index (Phi) is 2.43. The van der Waals surface area contributed by atoms with Crippen LogP contribution in [0.3, 0.4) is 0 Å². The summed E-state index contributed by atoms with van der Waals surface area (Å²) in [5, 5.41) is 0.866. The van der Waals surface area contributed by atoms with Crippen LogP contribution in [0.4, 0.5) is 0 Å². The highest BCUT2D eigenvalue weighted by molar-refractivity contribution is 9.10. The third-order valence-corrected chi connectivity index (χ3v) is 4.03. The molecule has 92 valence electrons. The van der Waals surface area contributed by atoms with Gasteiger partial charge in [0.15, 0.2) is 14.9 Å². The highest BCUT2D eigenvalue weighted by Crippen LogP contribution is 2.25. The van der Waals surface area contributed by atoms with Crippen molar-refractivity contribution in [2.75, 3.05) is 6.26 Å². The summed E-state index contributed by atoms with van der Waals surface area (Å²) >= 11 is 3.34. The van der Waals surface area contributed by atoms with Crippen LogP contribution in [0.2, 0.25) is 0 Å². The fraction of sp³-hybridized carbons (Fsp3) is 0.0909. The summed E-state index contributed by atoms with van der Waals surface area (Å²) in [6.45, 7) is 0. The second-order valence-corrected chi connectivity index (χ2v) is 6.87. The second-order valence-electron chi connectivity index (χ2n) is 3.99. The van der Waals surface area contributed by atoms with E-state index in [1.807, 2.05) is 6.07 Å². The number of fused-ring (bicyclic) bond motifs is 3. The zero-order chi connectivity index (χ0) is 12.9. The Hall–Kier alpha value is -1.47. The summed E-state index contributed by atoms with van der Waals surface area (Å²) in [6, 6.07) is 5.09. The number of aromatic amines is 1. The van der Waals surface area contributed by atoms with Crippen molar-refractivity contribution in [3.05, 3.63) is 28.9 Å². The SMILES string of the molecule is CS(=O)(=O)c1ccc2c(n1)[nH]c1cc(Br)cnc12. The maximum atomic E-state index is 11.4. The third-order valence-electron chi connectivity index (χ3n) is 2.61. The van der Waals surface area contributed by atoms with E-state index >= 15 is 0 Å². The summed E-state index contributed by atoms with van der Waals surface area (Å²) < 4.78 is 23.7. The van der Waals surface area contributed by atoms with E-state index in [4.69, 9.17) is 0 Å². The molecule has 0 fully saturated rings. The molecule has 7 heteroatoms. The number of nitrogens with zero attached hydrogens (tertiary/aromatic N) is 2. The molecule has 0 aliphatic heterocycles. The van der Waals surface area contributed by atoms with E-state index in [0.717, 1.165) is 27.1 Å². The van der Waals surface area contributed by atoms with Crippen molar-refractivity contribution in [1.82, 2.24) is 15.0 Å². The van der Waals surface area contributed by atoms with E-state index in [0.29, 0.717) is 5.65 Å². The molecule has 0 bridgehead atoms. The molecule has 0 amide bonds. The van der Waals surface area contributed by atoms with Crippen LogP contribution in [0.15, 0.2) is 33.9 Å². The van der Waals surface area contributed by atoms with Crippen molar-refractivity contribution >= 4 is 47.8 Å². The monoisotopic (exact) mass is 325 g/mol. The van der Waals surface area contributed by atoms with E-state index in [1.54, 1.807) is 12.3 Å². The average Bonchev–Trinajstić information content (AvgIpc) is 2.63. The van der Waals surface area contributed by atoms with Gasteiger partial charge in [0, 0.05) is 22.3 Å². The molecule has 0 atom stereocenters. The van der Waals surface area contributed by atoms with Crippen LogP contribution >= 0.6 is 15.9 Å². The van der Waals surface area contributed by atoms with Crippen LogP contribution in [0.1, 0.15) is 0 Å². The zero-order valence-corrected chi connectivity index (χ0v) is 11.7. The van der Waals surface area contributed by atoms with E-state index in [2.05, 4.69) is 30.9 Å². The molecule has 0 saturated carbocycles. The van der Waals surface area contributed by atoms with Gasteiger partial charge in [-0.25, -0.2) is 13.4 Å². The zero-order valence-electron chi connectivity index (χ0n) is 9.31. The van der Waals surface area contributed by atoms with Gasteiger partial charge in [-0.1, -0.05) is 0 Å². The first kappa shape index (κ1) is 11.6. The molecule has 3 rings (SSSR count). The summed E-state index contributed by atoms with van der Waals surface area (Å²) in [6.07, 6.45) is 2.83. The van der Waals surface area contributed by atoms with Gasteiger partial charge >= 0.3 is 0 Å². The number of hydrogen-bond donors (Lipinski definition) is 1. The van der Waals surface area contributed by atoms with E-state index in [-0.39, 0.29) is 5.03 Å². The first-order chi connectivity index (χ1) is 8.45. The first-order valence-electron chi connectivity index (χ1n) is 5.09. The van der Waals surface area contributed by atoms with Crippen LogP contribution in [-0.2, 0) is 9.84 Å².